The van der Waals surface area contributed by atoms with E-state index in [0.29, 0.717) is 0 Å². The highest BCUT2D eigenvalue weighted by molar-refractivity contribution is 7.93. The first-order valence-corrected chi connectivity index (χ1v) is 11.3. The summed E-state index contributed by atoms with van der Waals surface area (Å²) in [5.74, 6) is -1.69. The first kappa shape index (κ1) is 23.3. The van der Waals surface area contributed by atoms with Gasteiger partial charge in [0.2, 0.25) is 5.88 Å². The molecule has 0 radical (unpaired) electrons. The molecule has 3 rings (SSSR count). The smallest absolute Gasteiger partial charge is 0.275 e. The molecule has 2 heterocycles. The first-order valence-electron chi connectivity index (χ1n) is 9.63. The normalized spacial score (nSPS) is 24.3. The fraction of sp³-hybridized carbons (Fsp3) is 0.333. The van der Waals surface area contributed by atoms with Crippen molar-refractivity contribution in [3.8, 4) is 5.88 Å². The van der Waals surface area contributed by atoms with Crippen LogP contribution in [0.5, 0.6) is 5.88 Å². The zero-order chi connectivity index (χ0) is 23.7. The number of methoxy groups -OCH3 is 1. The van der Waals surface area contributed by atoms with Gasteiger partial charge in [-0.15, -0.1) is 6.58 Å². The second kappa shape index (κ2) is 8.30. The number of amides is 1. The molecule has 170 valence electrons. The van der Waals surface area contributed by atoms with Crippen LogP contribution in [-0.4, -0.2) is 47.7 Å². The molecule has 32 heavy (non-hydrogen) atoms. The lowest BCUT2D eigenvalue weighted by molar-refractivity contribution is 0.102. The molecular weight excluding hydrogens is 437 g/mol. The Kier molecular flexibility index (Phi) is 6.05. The van der Waals surface area contributed by atoms with E-state index < -0.39 is 37.6 Å². The minimum atomic E-state index is -3.83. The van der Waals surface area contributed by atoms with Crippen LogP contribution in [0.1, 0.15) is 36.3 Å². The number of hydrogen-bond acceptors (Lipinski definition) is 7. The van der Waals surface area contributed by atoms with E-state index in [9.17, 15) is 17.6 Å². The largest absolute Gasteiger partial charge is 0.480 e. The Bertz CT molecular complexity index is 1190. The van der Waals surface area contributed by atoms with E-state index in [1.807, 2.05) is 0 Å². The van der Waals surface area contributed by atoms with E-state index in [-0.39, 0.29) is 35.1 Å². The Morgan fingerprint density at radius 1 is 1.38 bits per heavy atom. The Morgan fingerprint density at radius 3 is 2.66 bits per heavy atom. The van der Waals surface area contributed by atoms with E-state index >= 15 is 0 Å². The molecule has 11 heteroatoms. The average molecular weight is 462 g/mol. The summed E-state index contributed by atoms with van der Waals surface area (Å²) >= 11 is 0. The number of sulfone groups is 1. The number of benzene rings is 1. The first-order chi connectivity index (χ1) is 15.0. The topological polar surface area (TPSA) is 134 Å². The van der Waals surface area contributed by atoms with E-state index in [1.54, 1.807) is 0 Å². The highest BCUT2D eigenvalue weighted by Gasteiger charge is 2.53. The van der Waals surface area contributed by atoms with Gasteiger partial charge in [0.1, 0.15) is 22.1 Å². The molecule has 1 aromatic carbocycles. The molecule has 1 fully saturated rings. The zero-order valence-electron chi connectivity index (χ0n) is 17.9. The van der Waals surface area contributed by atoms with E-state index in [2.05, 4.69) is 27.2 Å². The third kappa shape index (κ3) is 4.07. The fourth-order valence-electron chi connectivity index (χ4n) is 3.55. The van der Waals surface area contributed by atoms with Gasteiger partial charge in [-0.2, -0.15) is 0 Å². The molecule has 0 spiro atoms. The molecule has 1 amide bonds. The highest BCUT2D eigenvalue weighted by Crippen LogP contribution is 2.37. The van der Waals surface area contributed by atoms with Gasteiger partial charge in [0.15, 0.2) is 9.84 Å². The predicted molar refractivity (Wildman–Crippen MR) is 118 cm³/mol. The molecule has 1 aromatic heterocycles. The van der Waals surface area contributed by atoms with Crippen molar-refractivity contribution in [2.45, 2.75) is 30.6 Å². The monoisotopic (exact) mass is 461 g/mol. The number of amidine groups is 1. The fourth-order valence-corrected chi connectivity index (χ4v) is 5.59. The van der Waals surface area contributed by atoms with Crippen LogP contribution in [0.3, 0.4) is 0 Å². The Balaban J connectivity index is 1.92. The summed E-state index contributed by atoms with van der Waals surface area (Å²) in [7, 11) is -2.41. The second-order valence-electron chi connectivity index (χ2n) is 7.91. The molecule has 0 unspecified atom stereocenters. The molecule has 2 aromatic rings. The number of carbonyl (C=O) groups excluding carboxylic acids is 1. The molecular formula is C21H24FN5O4S. The van der Waals surface area contributed by atoms with E-state index in [0.717, 1.165) is 6.07 Å². The zero-order valence-corrected chi connectivity index (χ0v) is 18.7. The third-order valence-electron chi connectivity index (χ3n) is 5.52. The van der Waals surface area contributed by atoms with Crippen LogP contribution in [0, 0.1) is 11.2 Å². The Labute approximate surface area is 185 Å². The van der Waals surface area contributed by atoms with Gasteiger partial charge in [-0.25, -0.2) is 22.8 Å². The van der Waals surface area contributed by atoms with Crippen molar-refractivity contribution >= 4 is 27.3 Å². The van der Waals surface area contributed by atoms with E-state index in [1.165, 1.54) is 51.6 Å². The van der Waals surface area contributed by atoms with Gasteiger partial charge in [0.05, 0.1) is 30.8 Å². The van der Waals surface area contributed by atoms with Crippen LogP contribution in [-0.2, 0) is 15.4 Å². The van der Waals surface area contributed by atoms with Crippen LogP contribution >= 0.6 is 0 Å². The van der Waals surface area contributed by atoms with Crippen LogP contribution in [0.2, 0.25) is 0 Å². The van der Waals surface area contributed by atoms with Crippen molar-refractivity contribution in [2.75, 3.05) is 18.2 Å². The maximum absolute atomic E-state index is 14.8. The molecule has 9 nitrogen and oxygen atoms in total. The summed E-state index contributed by atoms with van der Waals surface area (Å²) in [6.45, 7) is 6.53. The van der Waals surface area contributed by atoms with Gasteiger partial charge in [0, 0.05) is 11.3 Å². The molecule has 0 saturated carbocycles. The number of allylic oxidation sites excluding steroid dienone is 1. The van der Waals surface area contributed by atoms with Crippen LogP contribution in [0.25, 0.3) is 0 Å². The minimum Gasteiger partial charge on any atom is -0.480 e. The molecule has 0 bridgehead atoms. The SMILES string of the molecule is C=CC[C@]1(C)C(=N)N[C@](C)(c2cc(NC(=O)c3cnc(OC)cn3)ccc2F)CS1(=O)=O. The minimum absolute atomic E-state index is 0.00472. The molecule has 1 aliphatic heterocycles. The van der Waals surface area contributed by atoms with Crippen molar-refractivity contribution in [1.82, 2.24) is 15.3 Å². The Hall–Kier alpha value is -3.34. The van der Waals surface area contributed by atoms with Crippen LogP contribution in [0.15, 0.2) is 43.2 Å². The lowest BCUT2D eigenvalue weighted by Crippen LogP contribution is -2.65. The lowest BCUT2D eigenvalue weighted by atomic mass is 9.90. The van der Waals surface area contributed by atoms with Crippen molar-refractivity contribution in [3.05, 3.63) is 60.3 Å². The number of carbonyl (C=O) groups is 1. The summed E-state index contributed by atoms with van der Waals surface area (Å²) in [6, 6.07) is 3.82. The molecule has 2 atom stereocenters. The van der Waals surface area contributed by atoms with Crippen LogP contribution in [0.4, 0.5) is 10.1 Å². The quantitative estimate of drug-likeness (QED) is 0.563. The number of halogens is 1. The van der Waals surface area contributed by atoms with Gasteiger partial charge in [0.25, 0.3) is 5.91 Å². The third-order valence-corrected chi connectivity index (χ3v) is 8.22. The Morgan fingerprint density at radius 2 is 2.09 bits per heavy atom. The van der Waals surface area contributed by atoms with Gasteiger partial charge >= 0.3 is 0 Å². The standard InChI is InChI=1S/C21H24FN5O4S/c1-5-8-21(3)19(23)27-20(2,12-32(21,29)30)14-9-13(6-7-15(14)22)26-18(28)16-10-25-17(31-4)11-24-16/h5-7,9-11H,1,8,12H2,2-4H3,(H2,23,27)(H,26,28)/t20-,21+/m0/s1. The summed E-state index contributed by atoms with van der Waals surface area (Å²) < 4.78 is 44.3. The summed E-state index contributed by atoms with van der Waals surface area (Å²) in [6.07, 6.45) is 4.01. The molecule has 1 aliphatic rings. The number of nitrogens with zero attached hydrogens (tertiary/aromatic N) is 2. The van der Waals surface area contributed by atoms with Crippen LogP contribution < -0.4 is 15.4 Å². The highest BCUT2D eigenvalue weighted by atomic mass is 32.2. The molecule has 3 N–H and O–H groups in total. The molecule has 1 saturated heterocycles. The number of nitrogens with one attached hydrogen (secondary N) is 3. The number of rotatable bonds is 6. The number of aromatic nitrogens is 2. The predicted octanol–water partition coefficient (Wildman–Crippen LogP) is 2.42. The summed E-state index contributed by atoms with van der Waals surface area (Å²) in [5, 5.41) is 13.8. The summed E-state index contributed by atoms with van der Waals surface area (Å²) in [5.41, 5.74) is -1.16. The van der Waals surface area contributed by atoms with Gasteiger partial charge in [-0.1, -0.05) is 6.08 Å². The summed E-state index contributed by atoms with van der Waals surface area (Å²) in [4.78, 5) is 20.3. The van der Waals surface area contributed by atoms with Crippen molar-refractivity contribution in [2.24, 2.45) is 0 Å². The van der Waals surface area contributed by atoms with Gasteiger partial charge in [-0.05, 0) is 38.5 Å². The maximum atomic E-state index is 14.8. The molecule has 0 aliphatic carbocycles. The number of anilines is 1. The van der Waals surface area contributed by atoms with Gasteiger partial charge < -0.3 is 15.4 Å². The van der Waals surface area contributed by atoms with Crippen molar-refractivity contribution in [3.63, 3.8) is 0 Å². The number of ether oxygens (including phenoxy) is 1. The second-order valence-corrected chi connectivity index (χ2v) is 10.3. The maximum Gasteiger partial charge on any atom is 0.275 e. The van der Waals surface area contributed by atoms with Crippen molar-refractivity contribution < 1.29 is 22.3 Å². The lowest BCUT2D eigenvalue weighted by Gasteiger charge is -2.44. The van der Waals surface area contributed by atoms with Crippen molar-refractivity contribution in [1.29, 1.82) is 5.41 Å². The van der Waals surface area contributed by atoms with Gasteiger partial charge in [-0.3, -0.25) is 10.2 Å². The van der Waals surface area contributed by atoms with E-state index in [4.69, 9.17) is 10.1 Å². The number of hydrogen-bond donors (Lipinski definition) is 3. The average Bonchev–Trinajstić information content (AvgIpc) is 2.73.